The van der Waals surface area contributed by atoms with E-state index in [-0.39, 0.29) is 46.4 Å². The molecule has 0 bridgehead atoms. The van der Waals surface area contributed by atoms with Gasteiger partial charge in [-0.15, -0.1) is 4.80 Å². The molecule has 4 aromatic rings. The van der Waals surface area contributed by atoms with Crippen LogP contribution >= 0.6 is 11.6 Å². The lowest BCUT2D eigenvalue weighted by atomic mass is 10.00. The van der Waals surface area contributed by atoms with Crippen molar-refractivity contribution in [1.82, 2.24) is 34.6 Å². The smallest absolute Gasteiger partial charge is 0.306 e. The molecule has 0 radical (unpaired) electrons. The summed E-state index contributed by atoms with van der Waals surface area (Å²) >= 11 is 6.19. The summed E-state index contributed by atoms with van der Waals surface area (Å²) in [6.45, 7) is 1.66. The zero-order chi connectivity index (χ0) is 23.4. The standard InChI is InChI=1S/C19H15ClF3N9O/c1-10-6-14-24-9-13(15(31(14)30-10)18(2-3-18)19(21,22)23)29-17(33)28-11-7-12(20)16(25-8-11)32-26-4-5-27-32/h4-9H,2-3H2,1H3,(H2,28,29,33). The van der Waals surface area contributed by atoms with Crippen LogP contribution in [0.3, 0.4) is 0 Å². The fourth-order valence-electron chi connectivity index (χ4n) is 3.64. The normalized spacial score (nSPS) is 14.9. The van der Waals surface area contributed by atoms with Crippen molar-refractivity contribution in [2.24, 2.45) is 0 Å². The molecular weight excluding hydrogens is 463 g/mol. The van der Waals surface area contributed by atoms with Crippen molar-refractivity contribution in [3.05, 3.63) is 53.3 Å². The summed E-state index contributed by atoms with van der Waals surface area (Å²) < 4.78 is 43.0. The van der Waals surface area contributed by atoms with Gasteiger partial charge in [0.15, 0.2) is 11.5 Å². The van der Waals surface area contributed by atoms with Crippen LogP contribution in [0.5, 0.6) is 0 Å². The summed E-state index contributed by atoms with van der Waals surface area (Å²) in [4.78, 5) is 22.1. The van der Waals surface area contributed by atoms with Crippen LogP contribution in [0.15, 0.2) is 36.9 Å². The highest BCUT2D eigenvalue weighted by atomic mass is 35.5. The molecule has 0 spiro atoms. The molecule has 0 atom stereocenters. The quantitative estimate of drug-likeness (QED) is 0.460. The summed E-state index contributed by atoms with van der Waals surface area (Å²) in [5, 5.41) is 17.2. The van der Waals surface area contributed by atoms with Gasteiger partial charge < -0.3 is 10.6 Å². The highest BCUT2D eigenvalue weighted by Crippen LogP contribution is 2.60. The molecule has 1 aliphatic rings. The topological polar surface area (TPSA) is 115 Å². The molecule has 0 aromatic carbocycles. The van der Waals surface area contributed by atoms with Gasteiger partial charge in [0.2, 0.25) is 0 Å². The minimum Gasteiger partial charge on any atom is -0.306 e. The molecule has 0 unspecified atom stereocenters. The molecule has 5 rings (SSSR count). The summed E-state index contributed by atoms with van der Waals surface area (Å²) in [6, 6.07) is 2.20. The Morgan fingerprint density at radius 1 is 1.12 bits per heavy atom. The first kappa shape index (κ1) is 21.1. The van der Waals surface area contributed by atoms with Gasteiger partial charge in [-0.05, 0) is 25.8 Å². The van der Waals surface area contributed by atoms with Crippen molar-refractivity contribution >= 4 is 34.7 Å². The lowest BCUT2D eigenvalue weighted by Gasteiger charge is -2.23. The molecule has 1 fully saturated rings. The molecule has 4 aromatic heterocycles. The third-order valence-corrected chi connectivity index (χ3v) is 5.57. The van der Waals surface area contributed by atoms with Crippen molar-refractivity contribution in [3.8, 4) is 5.82 Å². The Labute approximate surface area is 188 Å². The van der Waals surface area contributed by atoms with E-state index in [1.54, 1.807) is 13.0 Å². The van der Waals surface area contributed by atoms with E-state index in [2.05, 4.69) is 35.9 Å². The minimum atomic E-state index is -4.51. The van der Waals surface area contributed by atoms with Gasteiger partial charge in [0.05, 0.1) is 52.6 Å². The fraction of sp³-hybridized carbons (Fsp3) is 0.263. The molecule has 2 amide bonds. The number of aromatic nitrogens is 7. The number of hydrogen-bond acceptors (Lipinski definition) is 6. The predicted molar refractivity (Wildman–Crippen MR) is 111 cm³/mol. The number of fused-ring (bicyclic) bond motifs is 1. The predicted octanol–water partition coefficient (Wildman–Crippen LogP) is 3.90. The van der Waals surface area contributed by atoms with Crippen LogP contribution in [0, 0.1) is 6.92 Å². The average Bonchev–Trinajstić information content (AvgIpc) is 3.20. The van der Waals surface area contributed by atoms with Crippen LogP contribution in [-0.4, -0.2) is 46.8 Å². The van der Waals surface area contributed by atoms with Gasteiger partial charge in [-0.1, -0.05) is 11.6 Å². The fourth-order valence-corrected chi connectivity index (χ4v) is 3.88. The second-order valence-electron chi connectivity index (χ2n) is 7.58. The van der Waals surface area contributed by atoms with Crippen molar-refractivity contribution in [2.75, 3.05) is 10.6 Å². The molecular formula is C19H15ClF3N9O. The van der Waals surface area contributed by atoms with Gasteiger partial charge in [-0.2, -0.15) is 28.5 Å². The molecule has 33 heavy (non-hydrogen) atoms. The van der Waals surface area contributed by atoms with Gasteiger partial charge in [0.1, 0.15) is 5.41 Å². The number of rotatable bonds is 4. The van der Waals surface area contributed by atoms with Crippen molar-refractivity contribution < 1.29 is 18.0 Å². The number of nitrogens with zero attached hydrogens (tertiary/aromatic N) is 7. The van der Waals surface area contributed by atoms with Crippen LogP contribution in [-0.2, 0) is 5.41 Å². The van der Waals surface area contributed by atoms with Gasteiger partial charge in [0.25, 0.3) is 0 Å². The van der Waals surface area contributed by atoms with Crippen LogP contribution < -0.4 is 10.6 Å². The number of alkyl halides is 3. The monoisotopic (exact) mass is 477 g/mol. The van der Waals surface area contributed by atoms with Gasteiger partial charge in [0, 0.05) is 6.07 Å². The van der Waals surface area contributed by atoms with Crippen molar-refractivity contribution in [2.45, 2.75) is 31.4 Å². The van der Waals surface area contributed by atoms with Crippen LogP contribution in [0.2, 0.25) is 5.02 Å². The Hall–Kier alpha value is -3.74. The van der Waals surface area contributed by atoms with E-state index >= 15 is 0 Å². The van der Waals surface area contributed by atoms with E-state index < -0.39 is 17.6 Å². The number of hydrogen-bond donors (Lipinski definition) is 2. The minimum absolute atomic E-state index is 0.0886. The van der Waals surface area contributed by atoms with E-state index in [1.165, 1.54) is 35.7 Å². The van der Waals surface area contributed by atoms with Gasteiger partial charge in [-0.25, -0.2) is 19.3 Å². The molecule has 0 saturated heterocycles. The van der Waals surface area contributed by atoms with E-state index in [9.17, 15) is 18.0 Å². The maximum atomic E-state index is 14.0. The first-order valence-corrected chi connectivity index (χ1v) is 10.1. The Bertz CT molecular complexity index is 1360. The molecule has 170 valence electrons. The molecule has 14 heteroatoms. The van der Waals surface area contributed by atoms with Crippen molar-refractivity contribution in [1.29, 1.82) is 0 Å². The summed E-state index contributed by atoms with van der Waals surface area (Å²) in [5.74, 6) is 0.250. The first-order chi connectivity index (χ1) is 15.7. The number of amides is 2. The number of aryl methyl sites for hydroxylation is 1. The second kappa shape index (κ2) is 7.40. The maximum absolute atomic E-state index is 14.0. The Morgan fingerprint density at radius 2 is 1.85 bits per heavy atom. The third kappa shape index (κ3) is 3.63. The second-order valence-corrected chi connectivity index (χ2v) is 7.99. The molecule has 4 heterocycles. The Kier molecular flexibility index (Phi) is 4.74. The lowest BCUT2D eigenvalue weighted by Crippen LogP contribution is -2.33. The third-order valence-electron chi connectivity index (χ3n) is 5.29. The number of urea groups is 1. The van der Waals surface area contributed by atoms with Crippen LogP contribution in [0.25, 0.3) is 11.5 Å². The van der Waals surface area contributed by atoms with E-state index in [4.69, 9.17) is 11.6 Å². The number of halogens is 4. The number of carbonyl (C=O) groups excluding carboxylic acids is 1. The summed E-state index contributed by atoms with van der Waals surface area (Å²) in [6.07, 6.45) is 0.711. The van der Waals surface area contributed by atoms with Crippen LogP contribution in [0.4, 0.5) is 29.3 Å². The summed E-state index contributed by atoms with van der Waals surface area (Å²) in [5.41, 5.74) is -1.35. The summed E-state index contributed by atoms with van der Waals surface area (Å²) in [7, 11) is 0. The Balaban J connectivity index is 1.44. The molecule has 0 aliphatic heterocycles. The highest BCUT2D eigenvalue weighted by Gasteiger charge is 2.66. The van der Waals surface area contributed by atoms with E-state index in [1.807, 2.05) is 0 Å². The van der Waals surface area contributed by atoms with Gasteiger partial charge in [-0.3, -0.25) is 0 Å². The Morgan fingerprint density at radius 3 is 2.48 bits per heavy atom. The largest absolute Gasteiger partial charge is 0.400 e. The van der Waals surface area contributed by atoms with E-state index in [0.29, 0.717) is 5.69 Å². The number of carbonyl (C=O) groups is 1. The first-order valence-electron chi connectivity index (χ1n) is 9.71. The van der Waals surface area contributed by atoms with Crippen molar-refractivity contribution in [3.63, 3.8) is 0 Å². The zero-order valence-electron chi connectivity index (χ0n) is 16.9. The van der Waals surface area contributed by atoms with E-state index in [0.717, 1.165) is 4.52 Å². The van der Waals surface area contributed by atoms with Crippen LogP contribution in [0.1, 0.15) is 24.2 Å². The van der Waals surface area contributed by atoms with Gasteiger partial charge >= 0.3 is 12.2 Å². The number of anilines is 2. The average molecular weight is 478 g/mol. The highest BCUT2D eigenvalue weighted by molar-refractivity contribution is 6.32. The number of nitrogens with one attached hydrogen (secondary N) is 2. The molecule has 1 saturated carbocycles. The lowest BCUT2D eigenvalue weighted by molar-refractivity contribution is -0.161. The molecule has 2 N–H and O–H groups in total. The SMILES string of the molecule is Cc1cc2ncc(NC(=O)Nc3cnc(-n4nccn4)c(Cl)c3)c(C3(C(F)(F)F)CC3)n2n1. The molecule has 10 nitrogen and oxygen atoms in total. The number of pyridine rings is 1. The maximum Gasteiger partial charge on any atom is 0.400 e. The molecule has 1 aliphatic carbocycles. The zero-order valence-corrected chi connectivity index (χ0v) is 17.7.